The van der Waals surface area contributed by atoms with Crippen LogP contribution < -0.4 is 15.8 Å². The topological polar surface area (TPSA) is 64.3 Å². The zero-order chi connectivity index (χ0) is 12.7. The van der Waals surface area contributed by atoms with Gasteiger partial charge in [-0.2, -0.15) is 0 Å². The number of hydrogen-bond donors (Lipinski definition) is 2. The first-order valence-electron chi connectivity index (χ1n) is 5.58. The van der Waals surface area contributed by atoms with Crippen LogP contribution in [0.2, 0.25) is 0 Å². The van der Waals surface area contributed by atoms with Crippen LogP contribution in [-0.2, 0) is 0 Å². The van der Waals surface area contributed by atoms with Crippen molar-refractivity contribution in [2.75, 3.05) is 19.7 Å². The summed E-state index contributed by atoms with van der Waals surface area (Å²) >= 11 is 0. The highest BCUT2D eigenvalue weighted by Gasteiger charge is 2.14. The number of carbonyl (C=O) groups is 1. The minimum Gasteiger partial charge on any atom is -0.491 e. The van der Waals surface area contributed by atoms with E-state index in [0.29, 0.717) is 13.2 Å². The fourth-order valence-electron chi connectivity index (χ4n) is 1.40. The van der Waals surface area contributed by atoms with Crippen LogP contribution in [0.3, 0.4) is 0 Å². The Hall–Kier alpha value is -1.62. The molecule has 4 nitrogen and oxygen atoms in total. The third-order valence-electron chi connectivity index (χ3n) is 2.18. The van der Waals surface area contributed by atoms with Gasteiger partial charge in [-0.05, 0) is 25.1 Å². The molecular formula is C12H17FN2O2. The average Bonchev–Trinajstić information content (AvgIpc) is 2.28. The molecular weight excluding hydrogens is 223 g/mol. The molecule has 3 N–H and O–H groups in total. The molecule has 0 saturated carbocycles. The lowest BCUT2D eigenvalue weighted by atomic mass is 10.2. The van der Waals surface area contributed by atoms with Crippen molar-refractivity contribution in [2.24, 2.45) is 5.73 Å². The molecule has 0 saturated heterocycles. The molecule has 1 amide bonds. The lowest BCUT2D eigenvalue weighted by Gasteiger charge is -2.10. The maximum atomic E-state index is 13.3. The van der Waals surface area contributed by atoms with Gasteiger partial charge in [0.2, 0.25) is 0 Å². The maximum Gasteiger partial charge on any atom is 0.255 e. The fourth-order valence-corrected chi connectivity index (χ4v) is 1.40. The van der Waals surface area contributed by atoms with E-state index < -0.39 is 11.7 Å². The van der Waals surface area contributed by atoms with Crippen molar-refractivity contribution >= 4 is 5.91 Å². The van der Waals surface area contributed by atoms with E-state index in [1.807, 2.05) is 0 Å². The van der Waals surface area contributed by atoms with Gasteiger partial charge in [0.15, 0.2) is 0 Å². The van der Waals surface area contributed by atoms with Crippen LogP contribution in [0.5, 0.6) is 5.75 Å². The molecule has 0 radical (unpaired) electrons. The second-order valence-corrected chi connectivity index (χ2v) is 3.58. The van der Waals surface area contributed by atoms with E-state index in [1.54, 1.807) is 0 Å². The van der Waals surface area contributed by atoms with Gasteiger partial charge >= 0.3 is 0 Å². The summed E-state index contributed by atoms with van der Waals surface area (Å²) in [4.78, 5) is 11.1. The SMILES string of the molecule is CCCNCCOc1cccc(F)c1C(N)=O. The molecule has 0 fully saturated rings. The average molecular weight is 240 g/mol. The number of nitrogens with one attached hydrogen (secondary N) is 1. The molecule has 0 aliphatic rings. The molecule has 0 atom stereocenters. The molecule has 1 aromatic carbocycles. The Kier molecular flexibility index (Phi) is 5.42. The van der Waals surface area contributed by atoms with Crippen LogP contribution in [0, 0.1) is 5.82 Å². The van der Waals surface area contributed by atoms with Gasteiger partial charge in [0, 0.05) is 6.54 Å². The molecule has 0 aromatic heterocycles. The Morgan fingerprint density at radius 1 is 1.47 bits per heavy atom. The summed E-state index contributed by atoms with van der Waals surface area (Å²) in [6.45, 7) is 3.97. The number of halogens is 1. The molecule has 1 aromatic rings. The largest absolute Gasteiger partial charge is 0.491 e. The molecule has 17 heavy (non-hydrogen) atoms. The van der Waals surface area contributed by atoms with Crippen LogP contribution >= 0.6 is 0 Å². The summed E-state index contributed by atoms with van der Waals surface area (Å²) in [6, 6.07) is 4.20. The highest BCUT2D eigenvalue weighted by atomic mass is 19.1. The summed E-state index contributed by atoms with van der Waals surface area (Å²) < 4.78 is 18.7. The number of rotatable bonds is 7. The summed E-state index contributed by atoms with van der Waals surface area (Å²) in [6.07, 6.45) is 1.03. The van der Waals surface area contributed by atoms with E-state index in [1.165, 1.54) is 18.2 Å². The van der Waals surface area contributed by atoms with Crippen LogP contribution in [0.15, 0.2) is 18.2 Å². The molecule has 0 aliphatic heterocycles. The quantitative estimate of drug-likeness (QED) is 0.706. The molecule has 94 valence electrons. The van der Waals surface area contributed by atoms with Crippen molar-refractivity contribution < 1.29 is 13.9 Å². The first-order chi connectivity index (χ1) is 8.16. The van der Waals surface area contributed by atoms with E-state index >= 15 is 0 Å². The predicted octanol–water partition coefficient (Wildman–Crippen LogP) is 1.30. The van der Waals surface area contributed by atoms with Crippen molar-refractivity contribution in [2.45, 2.75) is 13.3 Å². The molecule has 1 rings (SSSR count). The van der Waals surface area contributed by atoms with Crippen molar-refractivity contribution in [3.05, 3.63) is 29.6 Å². The summed E-state index contributed by atoms with van der Waals surface area (Å²) in [7, 11) is 0. The monoisotopic (exact) mass is 240 g/mol. The van der Waals surface area contributed by atoms with Gasteiger partial charge in [0.1, 0.15) is 23.7 Å². The lowest BCUT2D eigenvalue weighted by Crippen LogP contribution is -2.23. The predicted molar refractivity (Wildman–Crippen MR) is 63.6 cm³/mol. The smallest absolute Gasteiger partial charge is 0.255 e. The zero-order valence-corrected chi connectivity index (χ0v) is 9.83. The lowest BCUT2D eigenvalue weighted by molar-refractivity contribution is 0.0992. The Bertz CT molecular complexity index is 383. The normalized spacial score (nSPS) is 10.2. The van der Waals surface area contributed by atoms with Crippen LogP contribution in [0.25, 0.3) is 0 Å². The first kappa shape index (κ1) is 13.4. The number of hydrogen-bond acceptors (Lipinski definition) is 3. The Morgan fingerprint density at radius 2 is 2.24 bits per heavy atom. The number of primary amides is 1. The van der Waals surface area contributed by atoms with Gasteiger partial charge in [-0.25, -0.2) is 4.39 Å². The maximum absolute atomic E-state index is 13.3. The van der Waals surface area contributed by atoms with Crippen LogP contribution in [0.1, 0.15) is 23.7 Å². The van der Waals surface area contributed by atoms with Crippen molar-refractivity contribution in [3.8, 4) is 5.75 Å². The van der Waals surface area contributed by atoms with E-state index in [0.717, 1.165) is 13.0 Å². The van der Waals surface area contributed by atoms with Gasteiger partial charge < -0.3 is 15.8 Å². The van der Waals surface area contributed by atoms with Gasteiger partial charge in [0.05, 0.1) is 0 Å². The second kappa shape index (κ2) is 6.85. The van der Waals surface area contributed by atoms with E-state index in [-0.39, 0.29) is 11.3 Å². The van der Waals surface area contributed by atoms with Crippen molar-refractivity contribution in [3.63, 3.8) is 0 Å². The minimum absolute atomic E-state index is 0.191. The van der Waals surface area contributed by atoms with Crippen molar-refractivity contribution in [1.29, 1.82) is 0 Å². The molecule has 0 spiro atoms. The Balaban J connectivity index is 2.58. The molecule has 0 heterocycles. The fraction of sp³-hybridized carbons (Fsp3) is 0.417. The van der Waals surface area contributed by atoms with E-state index in [2.05, 4.69) is 12.2 Å². The van der Waals surface area contributed by atoms with Gasteiger partial charge in [-0.1, -0.05) is 13.0 Å². The highest BCUT2D eigenvalue weighted by Crippen LogP contribution is 2.20. The van der Waals surface area contributed by atoms with Crippen molar-refractivity contribution in [1.82, 2.24) is 5.32 Å². The summed E-state index contributed by atoms with van der Waals surface area (Å²) in [5, 5.41) is 3.13. The van der Waals surface area contributed by atoms with E-state index in [9.17, 15) is 9.18 Å². The number of benzene rings is 1. The molecule has 5 heteroatoms. The van der Waals surface area contributed by atoms with Crippen LogP contribution in [0.4, 0.5) is 4.39 Å². The van der Waals surface area contributed by atoms with Crippen LogP contribution in [-0.4, -0.2) is 25.6 Å². The van der Waals surface area contributed by atoms with Gasteiger partial charge in [-0.15, -0.1) is 0 Å². The number of nitrogens with two attached hydrogens (primary N) is 1. The Labute approximate surface area is 100.0 Å². The summed E-state index contributed by atoms with van der Waals surface area (Å²) in [5.74, 6) is -1.29. The molecule has 0 aliphatic carbocycles. The molecule has 0 unspecified atom stereocenters. The second-order valence-electron chi connectivity index (χ2n) is 3.58. The third kappa shape index (κ3) is 4.03. The Morgan fingerprint density at radius 3 is 2.88 bits per heavy atom. The number of carbonyl (C=O) groups excluding carboxylic acids is 1. The minimum atomic E-state index is -0.820. The van der Waals surface area contributed by atoms with Gasteiger partial charge in [-0.3, -0.25) is 4.79 Å². The molecule has 0 bridgehead atoms. The number of amides is 1. The third-order valence-corrected chi connectivity index (χ3v) is 2.18. The highest BCUT2D eigenvalue weighted by molar-refractivity contribution is 5.95. The number of ether oxygens (including phenoxy) is 1. The zero-order valence-electron chi connectivity index (χ0n) is 9.83. The standard InChI is InChI=1S/C12H17FN2O2/c1-2-6-15-7-8-17-10-5-3-4-9(13)11(10)12(14)16/h3-5,15H,2,6-8H2,1H3,(H2,14,16). The summed E-state index contributed by atoms with van der Waals surface area (Å²) in [5.41, 5.74) is 4.90. The van der Waals surface area contributed by atoms with Gasteiger partial charge in [0.25, 0.3) is 5.91 Å². The van der Waals surface area contributed by atoms with E-state index in [4.69, 9.17) is 10.5 Å². The first-order valence-corrected chi connectivity index (χ1v) is 5.58.